The van der Waals surface area contributed by atoms with E-state index in [4.69, 9.17) is 16.3 Å². The van der Waals surface area contributed by atoms with Gasteiger partial charge in [0.2, 0.25) is 0 Å². The number of carbonyl (C=O) groups excluding carboxylic acids is 1. The number of rotatable bonds is 1. The normalized spacial score (nSPS) is 13.9. The van der Waals surface area contributed by atoms with Gasteiger partial charge >= 0.3 is 13.1 Å². The van der Waals surface area contributed by atoms with Gasteiger partial charge in [-0.15, -0.1) is 0 Å². The highest BCUT2D eigenvalue weighted by atomic mass is 35.5. The third kappa shape index (κ3) is 1.63. The molecule has 1 aromatic rings. The van der Waals surface area contributed by atoms with E-state index in [1.807, 2.05) is 0 Å². The van der Waals surface area contributed by atoms with E-state index in [2.05, 4.69) is 4.74 Å². The Morgan fingerprint density at radius 1 is 1.67 bits per heavy atom. The fraction of sp³-hybridized carbons (Fsp3) is 0.222. The second kappa shape index (κ2) is 3.85. The lowest BCUT2D eigenvalue weighted by molar-refractivity contribution is 0.0601. The van der Waals surface area contributed by atoms with E-state index in [-0.39, 0.29) is 10.6 Å². The van der Waals surface area contributed by atoms with Crippen molar-refractivity contribution >= 4 is 30.2 Å². The van der Waals surface area contributed by atoms with Crippen molar-refractivity contribution in [3.8, 4) is 0 Å². The highest BCUT2D eigenvalue weighted by molar-refractivity contribution is 6.65. The Morgan fingerprint density at radius 3 is 3.07 bits per heavy atom. The van der Waals surface area contributed by atoms with Crippen LogP contribution in [0.3, 0.4) is 0 Å². The molecule has 0 spiro atoms. The first-order chi connectivity index (χ1) is 7.15. The van der Waals surface area contributed by atoms with E-state index in [0.717, 1.165) is 5.56 Å². The first-order valence-electron chi connectivity index (χ1n) is 4.34. The summed E-state index contributed by atoms with van der Waals surface area (Å²) in [7, 11) is 0.218. The number of benzene rings is 1. The van der Waals surface area contributed by atoms with E-state index in [9.17, 15) is 9.82 Å². The zero-order valence-corrected chi connectivity index (χ0v) is 8.75. The molecule has 78 valence electrons. The van der Waals surface area contributed by atoms with Gasteiger partial charge in [-0.25, -0.2) is 4.79 Å². The third-order valence-corrected chi connectivity index (χ3v) is 2.73. The Labute approximate surface area is 91.9 Å². The number of fused-ring (bicyclic) bond motifs is 1. The molecule has 0 amide bonds. The minimum absolute atomic E-state index is 0.198. The molecule has 0 saturated heterocycles. The Hall–Kier alpha value is -1.04. The first kappa shape index (κ1) is 10.5. The van der Waals surface area contributed by atoms with Gasteiger partial charge in [-0.1, -0.05) is 17.7 Å². The van der Waals surface area contributed by atoms with Crippen molar-refractivity contribution in [3.63, 3.8) is 0 Å². The van der Waals surface area contributed by atoms with Gasteiger partial charge < -0.3 is 14.4 Å². The lowest BCUT2D eigenvalue weighted by Gasteiger charge is -2.06. The molecule has 1 aromatic carbocycles. The molecular weight excluding hydrogens is 218 g/mol. The maximum atomic E-state index is 11.3. The molecule has 0 radical (unpaired) electrons. The molecule has 1 aliphatic rings. The van der Waals surface area contributed by atoms with Crippen LogP contribution in [-0.2, 0) is 16.0 Å². The van der Waals surface area contributed by atoms with Gasteiger partial charge in [-0.3, -0.25) is 0 Å². The smallest absolute Gasteiger partial charge is 0.465 e. The van der Waals surface area contributed by atoms with Gasteiger partial charge in [0.15, 0.2) is 0 Å². The topological polar surface area (TPSA) is 55.8 Å². The molecule has 1 N–H and O–H groups in total. The molecule has 1 heterocycles. The Kier molecular flexibility index (Phi) is 2.69. The quantitative estimate of drug-likeness (QED) is 0.554. The van der Waals surface area contributed by atoms with Crippen molar-refractivity contribution in [1.82, 2.24) is 0 Å². The van der Waals surface area contributed by atoms with Gasteiger partial charge in [0, 0.05) is 5.46 Å². The van der Waals surface area contributed by atoms with Gasteiger partial charge in [-0.05, 0) is 11.6 Å². The minimum Gasteiger partial charge on any atom is -0.465 e. The van der Waals surface area contributed by atoms with E-state index >= 15 is 0 Å². The second-order valence-electron chi connectivity index (χ2n) is 3.15. The summed E-state index contributed by atoms with van der Waals surface area (Å²) in [5, 5.41) is 9.68. The maximum Gasteiger partial charge on any atom is 0.493 e. The predicted octanol–water partition coefficient (Wildman–Crippen LogP) is 0.344. The first-order valence-corrected chi connectivity index (χ1v) is 4.72. The Morgan fingerprint density at radius 2 is 2.40 bits per heavy atom. The summed E-state index contributed by atoms with van der Waals surface area (Å²) < 4.78 is 9.56. The average Bonchev–Trinajstić information content (AvgIpc) is 2.61. The number of carbonyl (C=O) groups is 1. The summed E-state index contributed by atoms with van der Waals surface area (Å²) in [4.78, 5) is 11.3. The lowest BCUT2D eigenvalue weighted by Crippen LogP contribution is -2.30. The van der Waals surface area contributed by atoms with Gasteiger partial charge in [0.1, 0.15) is 0 Å². The fourth-order valence-electron chi connectivity index (χ4n) is 1.55. The molecule has 0 bridgehead atoms. The molecule has 0 aromatic heterocycles. The van der Waals surface area contributed by atoms with Gasteiger partial charge in [-0.2, -0.15) is 0 Å². The van der Waals surface area contributed by atoms with Crippen molar-refractivity contribution in [2.75, 3.05) is 7.11 Å². The van der Waals surface area contributed by atoms with Crippen LogP contribution < -0.4 is 5.46 Å². The molecule has 0 aliphatic carbocycles. The number of ether oxygens (including phenoxy) is 1. The molecule has 2 rings (SSSR count). The minimum atomic E-state index is -1.06. The van der Waals surface area contributed by atoms with Crippen LogP contribution in [0.4, 0.5) is 0 Å². The van der Waals surface area contributed by atoms with E-state index < -0.39 is 13.1 Å². The van der Waals surface area contributed by atoms with Crippen LogP contribution >= 0.6 is 11.6 Å². The van der Waals surface area contributed by atoms with Gasteiger partial charge in [0.25, 0.3) is 0 Å². The van der Waals surface area contributed by atoms with Crippen LogP contribution in [-0.4, -0.2) is 25.2 Å². The summed E-state index contributed by atoms with van der Waals surface area (Å²) in [6.45, 7) is 0.303. The van der Waals surface area contributed by atoms with Gasteiger partial charge in [0.05, 0.1) is 24.3 Å². The molecule has 6 heteroatoms. The molecule has 15 heavy (non-hydrogen) atoms. The lowest BCUT2D eigenvalue weighted by atomic mass is 9.78. The largest absolute Gasteiger partial charge is 0.493 e. The summed E-state index contributed by atoms with van der Waals surface area (Å²) in [5.74, 6) is -0.526. The third-order valence-electron chi connectivity index (χ3n) is 2.32. The standard InChI is InChI=1S/C9H8BClO4/c1-14-9(12)6-3-2-5-4-15-10(13)7(5)8(6)11/h2-3,13H,4H2,1H3. The van der Waals surface area contributed by atoms with Crippen LogP contribution in [0.2, 0.25) is 5.02 Å². The van der Waals surface area contributed by atoms with Crippen molar-refractivity contribution in [3.05, 3.63) is 28.3 Å². The summed E-state index contributed by atoms with van der Waals surface area (Å²) >= 11 is 5.98. The summed E-state index contributed by atoms with van der Waals surface area (Å²) in [6.07, 6.45) is 0. The van der Waals surface area contributed by atoms with E-state index in [0.29, 0.717) is 12.1 Å². The Bertz CT molecular complexity index is 421. The number of esters is 1. The fourth-order valence-corrected chi connectivity index (χ4v) is 1.90. The van der Waals surface area contributed by atoms with Crippen molar-refractivity contribution in [2.24, 2.45) is 0 Å². The molecule has 0 saturated carbocycles. The summed E-state index contributed by atoms with van der Waals surface area (Å²) in [6, 6.07) is 3.26. The number of hydrogen-bond acceptors (Lipinski definition) is 4. The highest BCUT2D eigenvalue weighted by Gasteiger charge is 2.32. The zero-order chi connectivity index (χ0) is 11.0. The molecule has 0 unspecified atom stereocenters. The van der Waals surface area contributed by atoms with Crippen LogP contribution in [0.25, 0.3) is 0 Å². The molecule has 1 aliphatic heterocycles. The molecule has 0 fully saturated rings. The molecule has 4 nitrogen and oxygen atoms in total. The number of hydrogen-bond donors (Lipinski definition) is 1. The van der Waals surface area contributed by atoms with Crippen LogP contribution in [0.15, 0.2) is 12.1 Å². The number of methoxy groups -OCH3 is 1. The maximum absolute atomic E-state index is 11.3. The van der Waals surface area contributed by atoms with E-state index in [1.54, 1.807) is 12.1 Å². The monoisotopic (exact) mass is 226 g/mol. The summed E-state index contributed by atoms with van der Waals surface area (Å²) in [5.41, 5.74) is 1.49. The molecule has 0 atom stereocenters. The average molecular weight is 226 g/mol. The van der Waals surface area contributed by atoms with Crippen molar-refractivity contribution in [1.29, 1.82) is 0 Å². The zero-order valence-electron chi connectivity index (χ0n) is 7.99. The number of halogens is 1. The van der Waals surface area contributed by atoms with E-state index in [1.165, 1.54) is 7.11 Å². The predicted molar refractivity (Wildman–Crippen MR) is 55.2 cm³/mol. The SMILES string of the molecule is COC(=O)c1ccc2c(c1Cl)B(O)OC2. The Balaban J connectivity index is 2.53. The second-order valence-corrected chi connectivity index (χ2v) is 3.53. The van der Waals surface area contributed by atoms with Crippen molar-refractivity contribution in [2.45, 2.75) is 6.61 Å². The van der Waals surface area contributed by atoms with Crippen LogP contribution in [0.1, 0.15) is 15.9 Å². The highest BCUT2D eigenvalue weighted by Crippen LogP contribution is 2.21. The van der Waals surface area contributed by atoms with Crippen LogP contribution in [0, 0.1) is 0 Å². The van der Waals surface area contributed by atoms with Crippen LogP contribution in [0.5, 0.6) is 0 Å². The van der Waals surface area contributed by atoms with Crippen molar-refractivity contribution < 1.29 is 19.2 Å². The molecular formula is C9H8BClO4.